The van der Waals surface area contributed by atoms with Gasteiger partial charge in [0.25, 0.3) is 5.69 Å². The Kier molecular flexibility index (Phi) is 4.57. The number of nitro benzene ring substituents is 1. The molecule has 26 heavy (non-hydrogen) atoms. The van der Waals surface area contributed by atoms with E-state index in [1.165, 1.54) is 24.3 Å². The Morgan fingerprint density at radius 1 is 1.35 bits per heavy atom. The van der Waals surface area contributed by atoms with Crippen molar-refractivity contribution in [3.63, 3.8) is 0 Å². The molecule has 2 aromatic heterocycles. The summed E-state index contributed by atoms with van der Waals surface area (Å²) < 4.78 is 7.52. The second-order valence-corrected chi connectivity index (χ2v) is 6.20. The smallest absolute Gasteiger partial charge is 0.307 e. The monoisotopic (exact) mass is 354 g/mol. The van der Waals surface area contributed by atoms with Gasteiger partial charge in [0, 0.05) is 41.0 Å². The lowest BCUT2D eigenvalue weighted by Crippen LogP contribution is -2.16. The number of benzene rings is 1. The molecule has 1 aromatic carbocycles. The van der Waals surface area contributed by atoms with Gasteiger partial charge < -0.3 is 8.98 Å². The highest BCUT2D eigenvalue weighted by atomic mass is 16.6. The van der Waals surface area contributed by atoms with Crippen LogP contribution in [0.15, 0.2) is 46.0 Å². The summed E-state index contributed by atoms with van der Waals surface area (Å²) in [7, 11) is 0. The maximum absolute atomic E-state index is 12.1. The predicted octanol–water partition coefficient (Wildman–Crippen LogP) is 3.80. The van der Waals surface area contributed by atoms with Crippen LogP contribution >= 0.6 is 0 Å². The standard InChI is InChI=1S/C18H18N4O4/c1-11(2)21-10-13(6-12(21)3)9-19-20-18(23)17-8-14-7-15(22(24)25)4-5-16(14)26-17/h4-11H,1-3H3,(H,20,23)/b19-9-. The van der Waals surface area contributed by atoms with Crippen LogP contribution in [0.1, 0.15) is 41.7 Å². The van der Waals surface area contributed by atoms with Crippen LogP contribution in [0.3, 0.4) is 0 Å². The second kappa shape index (κ2) is 6.83. The highest BCUT2D eigenvalue weighted by molar-refractivity contribution is 5.97. The van der Waals surface area contributed by atoms with Gasteiger partial charge in [-0.2, -0.15) is 5.10 Å². The molecule has 0 aliphatic heterocycles. The van der Waals surface area contributed by atoms with Crippen LogP contribution in [-0.2, 0) is 0 Å². The van der Waals surface area contributed by atoms with Gasteiger partial charge in [-0.3, -0.25) is 14.9 Å². The number of aromatic nitrogens is 1. The first kappa shape index (κ1) is 17.4. The van der Waals surface area contributed by atoms with Crippen LogP contribution in [-0.4, -0.2) is 21.6 Å². The molecule has 0 spiro atoms. The number of carbonyl (C=O) groups excluding carboxylic acids is 1. The third kappa shape index (κ3) is 3.49. The van der Waals surface area contributed by atoms with Gasteiger partial charge in [-0.15, -0.1) is 0 Å². The lowest BCUT2D eigenvalue weighted by molar-refractivity contribution is -0.384. The van der Waals surface area contributed by atoms with Gasteiger partial charge >= 0.3 is 5.91 Å². The average Bonchev–Trinajstić information content (AvgIpc) is 3.17. The van der Waals surface area contributed by atoms with Gasteiger partial charge in [0.2, 0.25) is 0 Å². The third-order valence-corrected chi connectivity index (χ3v) is 3.94. The zero-order valence-electron chi connectivity index (χ0n) is 14.6. The van der Waals surface area contributed by atoms with Crippen molar-refractivity contribution < 1.29 is 14.1 Å². The van der Waals surface area contributed by atoms with Crippen LogP contribution in [0.2, 0.25) is 0 Å². The highest BCUT2D eigenvalue weighted by Crippen LogP contribution is 2.24. The Morgan fingerprint density at radius 3 is 2.77 bits per heavy atom. The molecule has 2 heterocycles. The highest BCUT2D eigenvalue weighted by Gasteiger charge is 2.14. The number of non-ortho nitro benzene ring substituents is 1. The molecule has 3 aromatic rings. The van der Waals surface area contributed by atoms with Crippen molar-refractivity contribution in [3.05, 3.63) is 63.7 Å². The molecule has 0 fully saturated rings. The minimum atomic E-state index is -0.528. The molecule has 0 aliphatic carbocycles. The zero-order valence-corrected chi connectivity index (χ0v) is 14.6. The van der Waals surface area contributed by atoms with Crippen molar-refractivity contribution in [2.45, 2.75) is 26.8 Å². The van der Waals surface area contributed by atoms with E-state index in [-0.39, 0.29) is 11.4 Å². The number of hydrazone groups is 1. The van der Waals surface area contributed by atoms with E-state index in [2.05, 4.69) is 28.9 Å². The van der Waals surface area contributed by atoms with E-state index < -0.39 is 10.8 Å². The summed E-state index contributed by atoms with van der Waals surface area (Å²) in [4.78, 5) is 22.5. The van der Waals surface area contributed by atoms with Crippen LogP contribution in [0, 0.1) is 17.0 Å². The minimum absolute atomic E-state index is 0.0357. The van der Waals surface area contributed by atoms with Crippen LogP contribution in [0.5, 0.6) is 0 Å². The van der Waals surface area contributed by atoms with Gasteiger partial charge in [0.05, 0.1) is 11.1 Å². The molecule has 8 heteroatoms. The van der Waals surface area contributed by atoms with Crippen molar-refractivity contribution in [1.29, 1.82) is 0 Å². The fourth-order valence-electron chi connectivity index (χ4n) is 2.72. The van der Waals surface area contributed by atoms with E-state index in [4.69, 9.17) is 4.42 Å². The molecule has 0 aliphatic rings. The number of fused-ring (bicyclic) bond motifs is 1. The van der Waals surface area contributed by atoms with E-state index in [1.807, 2.05) is 19.2 Å². The molecule has 134 valence electrons. The van der Waals surface area contributed by atoms with Crippen LogP contribution in [0.25, 0.3) is 11.0 Å². The third-order valence-electron chi connectivity index (χ3n) is 3.94. The Morgan fingerprint density at radius 2 is 2.12 bits per heavy atom. The molecular weight excluding hydrogens is 336 g/mol. The molecule has 0 bridgehead atoms. The number of amides is 1. The van der Waals surface area contributed by atoms with Crippen molar-refractivity contribution in [2.24, 2.45) is 5.10 Å². The van der Waals surface area contributed by atoms with Crippen molar-refractivity contribution in [3.8, 4) is 0 Å². The Balaban J connectivity index is 1.72. The largest absolute Gasteiger partial charge is 0.451 e. The van der Waals surface area contributed by atoms with Crippen LogP contribution < -0.4 is 5.43 Å². The number of rotatable bonds is 5. The second-order valence-electron chi connectivity index (χ2n) is 6.20. The lowest BCUT2D eigenvalue weighted by atomic mass is 10.2. The summed E-state index contributed by atoms with van der Waals surface area (Å²) in [5.74, 6) is -0.492. The number of nitrogens with one attached hydrogen (secondary N) is 1. The quantitative estimate of drug-likeness (QED) is 0.427. The first-order valence-corrected chi connectivity index (χ1v) is 8.05. The summed E-state index contributed by atoms with van der Waals surface area (Å²) in [5, 5.41) is 15.2. The SMILES string of the molecule is Cc1cc(/C=N\NC(=O)c2cc3cc([N+](=O)[O-])ccc3o2)cn1C(C)C. The molecule has 8 nitrogen and oxygen atoms in total. The van der Waals surface area contributed by atoms with Crippen molar-refractivity contribution in [2.75, 3.05) is 0 Å². The number of aryl methyl sites for hydroxylation is 1. The summed E-state index contributed by atoms with van der Waals surface area (Å²) in [5.41, 5.74) is 4.71. The molecule has 0 unspecified atom stereocenters. The lowest BCUT2D eigenvalue weighted by Gasteiger charge is -2.08. The molecule has 0 atom stereocenters. The van der Waals surface area contributed by atoms with Gasteiger partial charge in [0.15, 0.2) is 5.76 Å². The number of nitrogens with zero attached hydrogens (tertiary/aromatic N) is 3. The van der Waals surface area contributed by atoms with Crippen molar-refractivity contribution in [1.82, 2.24) is 9.99 Å². The molecule has 3 rings (SSSR count). The molecule has 0 radical (unpaired) electrons. The van der Waals surface area contributed by atoms with E-state index in [0.29, 0.717) is 17.0 Å². The summed E-state index contributed by atoms with van der Waals surface area (Å²) in [6.07, 6.45) is 3.51. The van der Waals surface area contributed by atoms with E-state index in [1.54, 1.807) is 6.21 Å². The fraction of sp³-hybridized carbons (Fsp3) is 0.222. The molecular formula is C18H18N4O4. The molecule has 0 saturated carbocycles. The maximum Gasteiger partial charge on any atom is 0.307 e. The summed E-state index contributed by atoms with van der Waals surface area (Å²) in [6, 6.07) is 7.91. The van der Waals surface area contributed by atoms with E-state index in [9.17, 15) is 14.9 Å². The number of carbonyl (C=O) groups is 1. The zero-order chi connectivity index (χ0) is 18.8. The molecule has 1 amide bonds. The predicted molar refractivity (Wildman–Crippen MR) is 97.5 cm³/mol. The Bertz CT molecular complexity index is 1010. The number of hydrogen-bond donors (Lipinski definition) is 1. The van der Waals surface area contributed by atoms with Crippen molar-refractivity contribution >= 4 is 28.8 Å². The van der Waals surface area contributed by atoms with Gasteiger partial charge in [-0.25, -0.2) is 5.43 Å². The maximum atomic E-state index is 12.1. The van der Waals surface area contributed by atoms with Crippen LogP contribution in [0.4, 0.5) is 5.69 Å². The number of furan rings is 1. The first-order chi connectivity index (χ1) is 12.3. The van der Waals surface area contributed by atoms with E-state index >= 15 is 0 Å². The topological polar surface area (TPSA) is 103 Å². The van der Waals surface area contributed by atoms with E-state index in [0.717, 1.165) is 11.3 Å². The molecule has 0 saturated heterocycles. The summed E-state index contributed by atoms with van der Waals surface area (Å²) >= 11 is 0. The number of nitro groups is 1. The average molecular weight is 354 g/mol. The Labute approximate surface area is 149 Å². The van der Waals surface area contributed by atoms with Gasteiger partial charge in [-0.05, 0) is 39.0 Å². The first-order valence-electron chi connectivity index (χ1n) is 8.05. The van der Waals surface area contributed by atoms with Gasteiger partial charge in [-0.1, -0.05) is 0 Å². The summed E-state index contributed by atoms with van der Waals surface area (Å²) in [6.45, 7) is 6.17. The minimum Gasteiger partial charge on any atom is -0.451 e. The fourth-order valence-corrected chi connectivity index (χ4v) is 2.72. The van der Waals surface area contributed by atoms with Gasteiger partial charge in [0.1, 0.15) is 5.58 Å². The normalized spacial score (nSPS) is 11.5. The molecule has 1 N–H and O–H groups in total. The number of hydrogen-bond acceptors (Lipinski definition) is 5. The Hall–Kier alpha value is -3.42.